The highest BCUT2D eigenvalue weighted by Gasteiger charge is 2.45. The van der Waals surface area contributed by atoms with Crippen LogP contribution in [0.4, 0.5) is 8.78 Å². The van der Waals surface area contributed by atoms with E-state index >= 15 is 0 Å². The summed E-state index contributed by atoms with van der Waals surface area (Å²) in [4.78, 5) is 11.7. The standard InChI is InChI=1S/C12H20F2O5S/c13-12(14,20(16,17)18)9-19-11(15)10-7-5-3-1-2-4-6-8-10/h10H,1-9H2,(H,16,17,18). The zero-order valence-corrected chi connectivity index (χ0v) is 12.0. The Morgan fingerprint density at radius 2 is 1.55 bits per heavy atom. The van der Waals surface area contributed by atoms with Gasteiger partial charge in [0.25, 0.3) is 0 Å². The molecule has 0 heterocycles. The Morgan fingerprint density at radius 3 is 2.00 bits per heavy atom. The lowest BCUT2D eigenvalue weighted by molar-refractivity contribution is -0.155. The van der Waals surface area contributed by atoms with E-state index in [1.54, 1.807) is 0 Å². The van der Waals surface area contributed by atoms with Gasteiger partial charge < -0.3 is 4.74 Å². The zero-order valence-electron chi connectivity index (χ0n) is 11.2. The normalized spacial score (nSPS) is 19.8. The number of ether oxygens (including phenoxy) is 1. The largest absolute Gasteiger partial charge is 0.458 e. The molecule has 0 aromatic heterocycles. The molecular formula is C12H20F2O5S. The van der Waals surface area contributed by atoms with E-state index in [0.717, 1.165) is 38.5 Å². The van der Waals surface area contributed by atoms with Crippen LogP contribution in [0.25, 0.3) is 0 Å². The van der Waals surface area contributed by atoms with Crippen molar-refractivity contribution in [1.82, 2.24) is 0 Å². The third-order valence-electron chi connectivity index (χ3n) is 3.45. The molecule has 8 heteroatoms. The Morgan fingerprint density at radius 1 is 1.10 bits per heavy atom. The highest BCUT2D eigenvalue weighted by Crippen LogP contribution is 2.25. The quantitative estimate of drug-likeness (QED) is 0.637. The number of rotatable bonds is 4. The molecule has 0 amide bonds. The molecule has 1 aliphatic rings. The average Bonchev–Trinajstić information content (AvgIpc) is 2.48. The lowest BCUT2D eigenvalue weighted by Crippen LogP contribution is -2.35. The molecule has 1 aliphatic carbocycles. The van der Waals surface area contributed by atoms with Gasteiger partial charge in [-0.15, -0.1) is 0 Å². The Hall–Kier alpha value is -0.760. The number of carbonyl (C=O) groups excluding carboxylic acids is 1. The van der Waals surface area contributed by atoms with Gasteiger partial charge in [0.1, 0.15) is 0 Å². The number of halogens is 2. The Bertz CT molecular complexity index is 412. The molecule has 0 saturated heterocycles. The summed E-state index contributed by atoms with van der Waals surface area (Å²) >= 11 is 0. The third kappa shape index (κ3) is 5.32. The van der Waals surface area contributed by atoms with E-state index in [1.807, 2.05) is 0 Å². The topological polar surface area (TPSA) is 80.7 Å². The smallest absolute Gasteiger partial charge is 0.402 e. The van der Waals surface area contributed by atoms with E-state index in [2.05, 4.69) is 4.74 Å². The predicted molar refractivity (Wildman–Crippen MR) is 67.9 cm³/mol. The van der Waals surface area contributed by atoms with Crippen molar-refractivity contribution in [3.8, 4) is 0 Å². The number of alkyl halides is 2. The summed E-state index contributed by atoms with van der Waals surface area (Å²) in [6.07, 6.45) is 6.97. The summed E-state index contributed by atoms with van der Waals surface area (Å²) in [6.45, 7) is -1.64. The molecule has 0 aliphatic heterocycles. The van der Waals surface area contributed by atoms with Crippen molar-refractivity contribution in [3.63, 3.8) is 0 Å². The third-order valence-corrected chi connectivity index (χ3v) is 4.32. The number of carbonyl (C=O) groups is 1. The van der Waals surface area contributed by atoms with Gasteiger partial charge in [0.05, 0.1) is 5.92 Å². The SMILES string of the molecule is O=C(OCC(F)(F)S(=O)(=O)O)C1CCCCCCCC1. The fourth-order valence-electron chi connectivity index (χ4n) is 2.22. The van der Waals surface area contributed by atoms with Crippen molar-refractivity contribution in [1.29, 1.82) is 0 Å². The van der Waals surface area contributed by atoms with Crippen LogP contribution in [0.15, 0.2) is 0 Å². The maximum Gasteiger partial charge on any atom is 0.402 e. The molecule has 0 aromatic carbocycles. The van der Waals surface area contributed by atoms with Crippen LogP contribution in [-0.2, 0) is 19.6 Å². The maximum absolute atomic E-state index is 13.0. The molecule has 1 fully saturated rings. The van der Waals surface area contributed by atoms with Gasteiger partial charge in [-0.25, -0.2) is 0 Å². The zero-order chi connectivity index (χ0) is 15.2. The van der Waals surface area contributed by atoms with Crippen LogP contribution in [0.5, 0.6) is 0 Å². The molecule has 118 valence electrons. The van der Waals surface area contributed by atoms with E-state index in [4.69, 9.17) is 4.55 Å². The first-order valence-electron chi connectivity index (χ1n) is 6.75. The minimum atomic E-state index is -5.56. The summed E-state index contributed by atoms with van der Waals surface area (Å²) in [7, 11) is -5.56. The van der Waals surface area contributed by atoms with Crippen molar-refractivity contribution in [3.05, 3.63) is 0 Å². The minimum Gasteiger partial charge on any atom is -0.458 e. The van der Waals surface area contributed by atoms with E-state index in [-0.39, 0.29) is 0 Å². The van der Waals surface area contributed by atoms with Crippen molar-refractivity contribution in [2.75, 3.05) is 6.61 Å². The van der Waals surface area contributed by atoms with Crippen molar-refractivity contribution in [2.24, 2.45) is 5.92 Å². The van der Waals surface area contributed by atoms with Crippen LogP contribution < -0.4 is 0 Å². The maximum atomic E-state index is 13.0. The molecule has 0 radical (unpaired) electrons. The van der Waals surface area contributed by atoms with E-state index < -0.39 is 33.9 Å². The second-order valence-electron chi connectivity index (χ2n) is 5.12. The van der Waals surface area contributed by atoms with E-state index in [0.29, 0.717) is 12.8 Å². The number of esters is 1. The predicted octanol–water partition coefficient (Wildman–Crippen LogP) is 2.76. The molecule has 0 bridgehead atoms. The van der Waals surface area contributed by atoms with Gasteiger partial charge in [0.15, 0.2) is 6.61 Å². The van der Waals surface area contributed by atoms with Gasteiger partial charge in [-0.05, 0) is 12.8 Å². The van der Waals surface area contributed by atoms with Crippen LogP contribution in [0.2, 0.25) is 0 Å². The number of hydrogen-bond acceptors (Lipinski definition) is 4. The van der Waals surface area contributed by atoms with Crippen LogP contribution in [0, 0.1) is 5.92 Å². The fourth-order valence-corrected chi connectivity index (χ4v) is 2.42. The summed E-state index contributed by atoms with van der Waals surface area (Å²) in [5.74, 6) is -1.28. The summed E-state index contributed by atoms with van der Waals surface area (Å²) < 4.78 is 59.4. The summed E-state index contributed by atoms with van der Waals surface area (Å²) in [5, 5.41) is -4.46. The van der Waals surface area contributed by atoms with Crippen molar-refractivity contribution < 1.29 is 31.3 Å². The van der Waals surface area contributed by atoms with Gasteiger partial charge >= 0.3 is 21.3 Å². The highest BCUT2D eigenvalue weighted by molar-refractivity contribution is 7.86. The van der Waals surface area contributed by atoms with Crippen LogP contribution in [0.3, 0.4) is 0 Å². The van der Waals surface area contributed by atoms with E-state index in [1.165, 1.54) is 0 Å². The second-order valence-corrected chi connectivity index (χ2v) is 6.66. The van der Waals surface area contributed by atoms with Crippen molar-refractivity contribution >= 4 is 16.1 Å². The monoisotopic (exact) mass is 314 g/mol. The first-order chi connectivity index (χ1) is 9.24. The molecule has 0 atom stereocenters. The average molecular weight is 314 g/mol. The summed E-state index contributed by atoms with van der Waals surface area (Å²) in [5.41, 5.74) is 0. The Kier molecular flexibility index (Phi) is 6.32. The molecule has 0 unspecified atom stereocenters. The molecule has 1 rings (SSSR count). The van der Waals surface area contributed by atoms with Gasteiger partial charge in [-0.2, -0.15) is 17.2 Å². The second kappa shape index (κ2) is 7.31. The van der Waals surface area contributed by atoms with Gasteiger partial charge in [-0.1, -0.05) is 38.5 Å². The fraction of sp³-hybridized carbons (Fsp3) is 0.917. The molecule has 0 spiro atoms. The first kappa shape index (κ1) is 17.3. The van der Waals surface area contributed by atoms with Crippen LogP contribution in [-0.4, -0.2) is 30.8 Å². The molecular weight excluding hydrogens is 294 g/mol. The molecule has 1 N–H and O–H groups in total. The first-order valence-corrected chi connectivity index (χ1v) is 8.19. The lowest BCUT2D eigenvalue weighted by Gasteiger charge is -2.17. The summed E-state index contributed by atoms with van der Waals surface area (Å²) in [6, 6.07) is 0. The minimum absolute atomic E-state index is 0.467. The van der Waals surface area contributed by atoms with E-state index in [9.17, 15) is 22.0 Å². The Labute approximate surface area is 117 Å². The van der Waals surface area contributed by atoms with Gasteiger partial charge in [0, 0.05) is 0 Å². The Balaban J connectivity index is 2.52. The van der Waals surface area contributed by atoms with Crippen molar-refractivity contribution in [2.45, 2.75) is 56.6 Å². The van der Waals surface area contributed by atoms with Gasteiger partial charge in [0.2, 0.25) is 0 Å². The lowest BCUT2D eigenvalue weighted by atomic mass is 9.97. The van der Waals surface area contributed by atoms with Crippen LogP contribution in [0.1, 0.15) is 51.4 Å². The highest BCUT2D eigenvalue weighted by atomic mass is 32.2. The molecule has 0 aromatic rings. The molecule has 5 nitrogen and oxygen atoms in total. The number of hydrogen-bond donors (Lipinski definition) is 1. The molecule has 1 saturated carbocycles. The van der Waals surface area contributed by atoms with Crippen LogP contribution >= 0.6 is 0 Å². The molecule has 20 heavy (non-hydrogen) atoms. The van der Waals surface area contributed by atoms with Gasteiger partial charge in [-0.3, -0.25) is 9.35 Å².